The van der Waals surface area contributed by atoms with Gasteiger partial charge in [-0.05, 0) is 73.8 Å². The Labute approximate surface area is 156 Å². The summed E-state index contributed by atoms with van der Waals surface area (Å²) in [5.41, 5.74) is 11.9. The van der Waals surface area contributed by atoms with E-state index in [-0.39, 0.29) is 11.1 Å². The van der Waals surface area contributed by atoms with Crippen LogP contribution in [0.2, 0.25) is 0 Å². The number of carbonyl (C=O) groups excluding carboxylic acids is 2. The first-order valence-corrected chi connectivity index (χ1v) is 8.33. The van der Waals surface area contributed by atoms with Crippen LogP contribution in [0.5, 0.6) is 0 Å². The zero-order chi connectivity index (χ0) is 15.6. The maximum atomic E-state index is 12.2. The van der Waals surface area contributed by atoms with Gasteiger partial charge in [0.15, 0.2) is 0 Å². The fourth-order valence-electron chi connectivity index (χ4n) is 1.36. The highest BCUT2D eigenvalue weighted by Gasteiger charge is 2.26. The van der Waals surface area contributed by atoms with E-state index in [4.69, 9.17) is 11.5 Å². The van der Waals surface area contributed by atoms with Crippen molar-refractivity contribution in [3.8, 4) is 0 Å². The summed E-state index contributed by atoms with van der Waals surface area (Å²) in [5, 5.41) is 11.7. The number of hydrogen-bond acceptors (Lipinski definition) is 4. The molecule has 0 saturated carbocycles. The highest BCUT2D eigenvalue weighted by atomic mass is 127. The monoisotopic (exact) mass is 613 g/mol. The number of halogens is 3. The number of anilines is 1. The van der Waals surface area contributed by atoms with Gasteiger partial charge in [-0.15, -0.1) is 0 Å². The SMILES string of the molecule is C=CC(O)NC(=O)c1c(I)c(N)c(I)c(C(N)=O)c1I. The Kier molecular flexibility index (Phi) is 6.46. The van der Waals surface area contributed by atoms with Gasteiger partial charge in [0.2, 0.25) is 0 Å². The van der Waals surface area contributed by atoms with Crippen LogP contribution in [0.1, 0.15) is 20.7 Å². The number of hydrogen-bond donors (Lipinski definition) is 4. The standard InChI is InChI=1S/C11H10I3N3O3/c1-2-3(18)17-11(20)5-6(12)4(10(16)19)7(13)9(15)8(5)14/h2-3,18H,1,15H2,(H2,16,19)(H,17,20). The topological polar surface area (TPSA) is 118 Å². The Hall–Kier alpha value is -0.150. The van der Waals surface area contributed by atoms with Crippen molar-refractivity contribution < 1.29 is 14.7 Å². The summed E-state index contributed by atoms with van der Waals surface area (Å²) in [6.45, 7) is 3.36. The van der Waals surface area contributed by atoms with E-state index in [2.05, 4.69) is 11.9 Å². The van der Waals surface area contributed by atoms with Crippen LogP contribution in [0.3, 0.4) is 0 Å². The van der Waals surface area contributed by atoms with Gasteiger partial charge in [0.25, 0.3) is 11.8 Å². The molecule has 0 heterocycles. The molecule has 0 spiro atoms. The minimum atomic E-state index is -1.19. The van der Waals surface area contributed by atoms with Gasteiger partial charge in [-0.1, -0.05) is 6.58 Å². The molecule has 1 atom stereocenters. The van der Waals surface area contributed by atoms with Gasteiger partial charge >= 0.3 is 0 Å². The quantitative estimate of drug-likeness (QED) is 0.178. The van der Waals surface area contributed by atoms with Crippen molar-refractivity contribution in [2.45, 2.75) is 6.23 Å². The Bertz CT molecular complexity index is 605. The van der Waals surface area contributed by atoms with E-state index in [0.717, 1.165) is 0 Å². The normalized spacial score (nSPS) is 11.8. The summed E-state index contributed by atoms with van der Waals surface area (Å²) in [4.78, 5) is 23.7. The molecule has 1 rings (SSSR count). The Morgan fingerprint density at radius 2 is 1.70 bits per heavy atom. The molecule has 0 fully saturated rings. The average molecular weight is 613 g/mol. The van der Waals surface area contributed by atoms with E-state index in [9.17, 15) is 14.7 Å². The molecule has 6 N–H and O–H groups in total. The second kappa shape index (κ2) is 7.22. The molecule has 6 nitrogen and oxygen atoms in total. The molecule has 0 radical (unpaired) electrons. The summed E-state index contributed by atoms with van der Waals surface area (Å²) < 4.78 is 1.40. The number of nitrogens with two attached hydrogens (primary N) is 2. The number of aliphatic hydroxyl groups is 1. The summed E-state index contributed by atoms with van der Waals surface area (Å²) in [6.07, 6.45) is -0.0190. The number of benzene rings is 1. The highest BCUT2D eigenvalue weighted by molar-refractivity contribution is 14.1. The second-order valence-corrected chi connectivity index (χ2v) is 6.86. The first-order chi connectivity index (χ1) is 9.22. The van der Waals surface area contributed by atoms with Gasteiger partial charge in [0, 0.05) is 3.57 Å². The van der Waals surface area contributed by atoms with Gasteiger partial charge in [0.05, 0.1) is 24.0 Å². The van der Waals surface area contributed by atoms with Crippen LogP contribution in [-0.2, 0) is 0 Å². The maximum Gasteiger partial charge on any atom is 0.255 e. The van der Waals surface area contributed by atoms with Crippen LogP contribution >= 0.6 is 67.8 Å². The van der Waals surface area contributed by atoms with Crippen LogP contribution < -0.4 is 16.8 Å². The summed E-state index contributed by atoms with van der Waals surface area (Å²) in [7, 11) is 0. The van der Waals surface area contributed by atoms with Gasteiger partial charge in [-0.25, -0.2) is 0 Å². The smallest absolute Gasteiger partial charge is 0.255 e. The predicted octanol–water partition coefficient (Wildman–Crippen LogP) is 1.42. The molecule has 20 heavy (non-hydrogen) atoms. The van der Waals surface area contributed by atoms with Crippen LogP contribution in [0, 0.1) is 10.7 Å². The molecule has 108 valence electrons. The molecule has 0 saturated heterocycles. The number of nitrogen functional groups attached to an aromatic ring is 1. The summed E-state index contributed by atoms with van der Waals surface area (Å²) in [6, 6.07) is 0. The minimum Gasteiger partial charge on any atom is -0.397 e. The fourth-order valence-corrected chi connectivity index (χ4v) is 5.55. The van der Waals surface area contributed by atoms with E-state index in [1.165, 1.54) is 6.08 Å². The molecular weight excluding hydrogens is 603 g/mol. The van der Waals surface area contributed by atoms with Crippen molar-refractivity contribution in [1.29, 1.82) is 0 Å². The van der Waals surface area contributed by atoms with Gasteiger partial charge in [-0.3, -0.25) is 9.59 Å². The lowest BCUT2D eigenvalue weighted by molar-refractivity contribution is 0.0853. The van der Waals surface area contributed by atoms with Gasteiger partial charge < -0.3 is 21.9 Å². The number of aliphatic hydroxyl groups excluding tert-OH is 1. The van der Waals surface area contributed by atoms with E-state index in [1.807, 2.05) is 67.8 Å². The largest absolute Gasteiger partial charge is 0.397 e. The molecular formula is C11H10I3N3O3. The number of primary amides is 1. The van der Waals surface area contributed by atoms with E-state index in [1.54, 1.807) is 0 Å². The molecule has 0 bridgehead atoms. The van der Waals surface area contributed by atoms with Gasteiger partial charge in [-0.2, -0.15) is 0 Å². The third-order valence-corrected chi connectivity index (χ3v) is 5.65. The fraction of sp³-hybridized carbons (Fsp3) is 0.0909. The first kappa shape index (κ1) is 17.9. The van der Waals surface area contributed by atoms with E-state index < -0.39 is 18.0 Å². The summed E-state index contributed by atoms with van der Waals surface area (Å²) >= 11 is 5.69. The Morgan fingerprint density at radius 1 is 1.20 bits per heavy atom. The van der Waals surface area contributed by atoms with Crippen LogP contribution in [-0.4, -0.2) is 23.1 Å². The highest BCUT2D eigenvalue weighted by Crippen LogP contribution is 2.33. The Balaban J connectivity index is 3.51. The zero-order valence-corrected chi connectivity index (χ0v) is 16.4. The first-order valence-electron chi connectivity index (χ1n) is 5.09. The number of carbonyl (C=O) groups is 2. The van der Waals surface area contributed by atoms with Crippen molar-refractivity contribution in [3.05, 3.63) is 34.5 Å². The lowest BCUT2D eigenvalue weighted by atomic mass is 10.1. The molecule has 1 unspecified atom stereocenters. The molecule has 0 aliphatic rings. The summed E-state index contributed by atoms with van der Waals surface area (Å²) in [5.74, 6) is -1.22. The molecule has 1 aromatic carbocycles. The van der Waals surface area contributed by atoms with Crippen LogP contribution in [0.4, 0.5) is 5.69 Å². The van der Waals surface area contributed by atoms with E-state index in [0.29, 0.717) is 16.4 Å². The Morgan fingerprint density at radius 3 is 2.15 bits per heavy atom. The number of rotatable bonds is 4. The lowest BCUT2D eigenvalue weighted by Crippen LogP contribution is -2.35. The molecule has 0 aliphatic carbocycles. The van der Waals surface area contributed by atoms with Crippen molar-refractivity contribution in [2.75, 3.05) is 5.73 Å². The predicted molar refractivity (Wildman–Crippen MR) is 101 cm³/mol. The molecule has 2 amide bonds. The molecule has 0 aliphatic heterocycles. The third-order valence-electron chi connectivity index (χ3n) is 2.33. The van der Waals surface area contributed by atoms with Gasteiger partial charge in [0.1, 0.15) is 6.23 Å². The average Bonchev–Trinajstić information content (AvgIpc) is 2.35. The second-order valence-electron chi connectivity index (χ2n) is 3.62. The lowest BCUT2D eigenvalue weighted by Gasteiger charge is -2.16. The maximum absolute atomic E-state index is 12.2. The van der Waals surface area contributed by atoms with Crippen LogP contribution in [0.15, 0.2) is 12.7 Å². The zero-order valence-electron chi connectivity index (χ0n) is 9.91. The van der Waals surface area contributed by atoms with Crippen molar-refractivity contribution in [1.82, 2.24) is 5.32 Å². The minimum absolute atomic E-state index is 0.197. The van der Waals surface area contributed by atoms with Crippen molar-refractivity contribution in [3.63, 3.8) is 0 Å². The number of amides is 2. The van der Waals surface area contributed by atoms with E-state index >= 15 is 0 Å². The molecule has 0 aromatic heterocycles. The molecule has 1 aromatic rings. The molecule has 9 heteroatoms. The van der Waals surface area contributed by atoms with Crippen LogP contribution in [0.25, 0.3) is 0 Å². The number of nitrogens with one attached hydrogen (secondary N) is 1. The third kappa shape index (κ3) is 3.54. The van der Waals surface area contributed by atoms with Crippen molar-refractivity contribution >= 4 is 85.3 Å². The van der Waals surface area contributed by atoms with Crippen molar-refractivity contribution in [2.24, 2.45) is 5.73 Å².